The molecule has 2 aliphatic rings. The molecule has 1 aromatic carbocycles. The van der Waals surface area contributed by atoms with Gasteiger partial charge in [-0.25, -0.2) is 0 Å². The van der Waals surface area contributed by atoms with Crippen LogP contribution < -0.4 is 5.46 Å². The van der Waals surface area contributed by atoms with E-state index in [2.05, 4.69) is 0 Å². The molecule has 0 N–H and O–H groups in total. The van der Waals surface area contributed by atoms with Gasteiger partial charge in [-0.15, -0.1) is 0 Å². The lowest BCUT2D eigenvalue weighted by Gasteiger charge is -2.37. The van der Waals surface area contributed by atoms with Crippen molar-refractivity contribution >= 4 is 18.4 Å². The molecule has 1 saturated heterocycles. The molecule has 3 nitrogen and oxygen atoms in total. The standard InChI is InChI=1S/C12H13BO3/c14-10-6-11-8-12(7-10)16-13(15-11)9-4-2-1-3-5-9/h1-5,11-12H,6-8H2. The van der Waals surface area contributed by atoms with Gasteiger partial charge < -0.3 is 9.31 Å². The van der Waals surface area contributed by atoms with E-state index in [1.54, 1.807) is 0 Å². The average molecular weight is 216 g/mol. The second kappa shape index (κ2) is 4.03. The number of Topliss-reactive ketones (excluding diaryl/α,β-unsaturated/α-hetero) is 1. The lowest BCUT2D eigenvalue weighted by molar-refractivity contribution is -0.129. The largest absolute Gasteiger partial charge is 0.494 e. The summed E-state index contributed by atoms with van der Waals surface area (Å²) < 4.78 is 11.5. The number of hydrogen-bond donors (Lipinski definition) is 0. The topological polar surface area (TPSA) is 35.5 Å². The molecule has 0 spiro atoms. The number of fused-ring (bicyclic) bond motifs is 2. The van der Waals surface area contributed by atoms with Crippen LogP contribution in [-0.2, 0) is 14.1 Å². The normalized spacial score (nSPS) is 29.2. The van der Waals surface area contributed by atoms with E-state index < -0.39 is 0 Å². The van der Waals surface area contributed by atoms with Crippen molar-refractivity contribution in [3.63, 3.8) is 0 Å². The Bertz CT molecular complexity index is 377. The second-order valence-electron chi connectivity index (χ2n) is 4.44. The molecule has 1 aromatic rings. The van der Waals surface area contributed by atoms with Crippen molar-refractivity contribution in [1.82, 2.24) is 0 Å². The Labute approximate surface area is 94.9 Å². The molecule has 4 heteroatoms. The van der Waals surface area contributed by atoms with Crippen molar-refractivity contribution in [2.24, 2.45) is 0 Å². The maximum Gasteiger partial charge on any atom is 0.494 e. The van der Waals surface area contributed by atoms with Crippen LogP contribution >= 0.6 is 0 Å². The fraction of sp³-hybridized carbons (Fsp3) is 0.417. The van der Waals surface area contributed by atoms with Crippen LogP contribution in [0.4, 0.5) is 0 Å². The minimum Gasteiger partial charge on any atom is -0.404 e. The zero-order valence-electron chi connectivity index (χ0n) is 8.96. The molecular weight excluding hydrogens is 203 g/mol. The number of carbonyl (C=O) groups excluding carboxylic acids is 1. The zero-order valence-corrected chi connectivity index (χ0v) is 8.96. The van der Waals surface area contributed by atoms with Gasteiger partial charge in [0.15, 0.2) is 0 Å². The summed E-state index contributed by atoms with van der Waals surface area (Å²) in [7, 11) is -0.293. The van der Waals surface area contributed by atoms with E-state index in [9.17, 15) is 4.79 Å². The molecule has 82 valence electrons. The van der Waals surface area contributed by atoms with Crippen LogP contribution in [0.2, 0.25) is 0 Å². The van der Waals surface area contributed by atoms with E-state index in [1.165, 1.54) is 0 Å². The van der Waals surface area contributed by atoms with E-state index >= 15 is 0 Å². The summed E-state index contributed by atoms with van der Waals surface area (Å²) in [5.74, 6) is 0.257. The van der Waals surface area contributed by atoms with E-state index in [0.717, 1.165) is 11.9 Å². The Morgan fingerprint density at radius 2 is 1.69 bits per heavy atom. The Morgan fingerprint density at radius 3 is 2.31 bits per heavy atom. The van der Waals surface area contributed by atoms with Crippen LogP contribution in [0.15, 0.2) is 30.3 Å². The molecule has 3 rings (SSSR count). The Balaban J connectivity index is 1.78. The van der Waals surface area contributed by atoms with Crippen molar-refractivity contribution in [2.75, 3.05) is 0 Å². The number of rotatable bonds is 1. The highest BCUT2D eigenvalue weighted by Crippen LogP contribution is 2.27. The van der Waals surface area contributed by atoms with E-state index in [0.29, 0.717) is 12.8 Å². The molecule has 0 aromatic heterocycles. The smallest absolute Gasteiger partial charge is 0.404 e. The molecule has 1 saturated carbocycles. The first-order valence-corrected chi connectivity index (χ1v) is 5.69. The Hall–Kier alpha value is -1.13. The Kier molecular flexibility index (Phi) is 2.54. The van der Waals surface area contributed by atoms with Crippen molar-refractivity contribution in [1.29, 1.82) is 0 Å². The van der Waals surface area contributed by atoms with E-state index in [1.807, 2.05) is 30.3 Å². The highest BCUT2D eigenvalue weighted by molar-refractivity contribution is 6.61. The minimum absolute atomic E-state index is 0.0465. The first-order valence-electron chi connectivity index (χ1n) is 5.69. The number of hydrogen-bond acceptors (Lipinski definition) is 3. The third-order valence-corrected chi connectivity index (χ3v) is 3.14. The summed E-state index contributed by atoms with van der Waals surface area (Å²) in [5.41, 5.74) is 1.03. The van der Waals surface area contributed by atoms with Gasteiger partial charge in [0.1, 0.15) is 5.78 Å². The SMILES string of the molecule is O=C1CC2CC(C1)OB(c1ccccc1)O2. The molecule has 0 amide bonds. The quantitative estimate of drug-likeness (QED) is 0.654. The summed E-state index contributed by atoms with van der Waals surface area (Å²) in [6, 6.07) is 9.90. The van der Waals surface area contributed by atoms with Gasteiger partial charge >= 0.3 is 7.12 Å². The lowest BCUT2D eigenvalue weighted by atomic mass is 9.74. The monoisotopic (exact) mass is 216 g/mol. The van der Waals surface area contributed by atoms with Crippen molar-refractivity contribution in [2.45, 2.75) is 31.5 Å². The molecule has 1 aliphatic heterocycles. The van der Waals surface area contributed by atoms with E-state index in [-0.39, 0.29) is 25.1 Å². The lowest BCUT2D eigenvalue weighted by Crippen LogP contribution is -2.51. The molecule has 1 aliphatic carbocycles. The van der Waals surface area contributed by atoms with Crippen molar-refractivity contribution < 1.29 is 14.1 Å². The summed E-state index contributed by atoms with van der Waals surface area (Å²) in [4.78, 5) is 11.4. The first kappa shape index (κ1) is 10.1. The highest BCUT2D eigenvalue weighted by atomic mass is 16.6. The van der Waals surface area contributed by atoms with Crippen LogP contribution in [0.3, 0.4) is 0 Å². The summed E-state index contributed by atoms with van der Waals surface area (Å²) in [6.07, 6.45) is 2.04. The van der Waals surface area contributed by atoms with Gasteiger partial charge in [0.05, 0.1) is 12.2 Å². The fourth-order valence-corrected chi connectivity index (χ4v) is 2.41. The Morgan fingerprint density at radius 1 is 1.06 bits per heavy atom. The molecule has 2 unspecified atom stereocenters. The van der Waals surface area contributed by atoms with Crippen LogP contribution in [0.25, 0.3) is 0 Å². The molecule has 0 radical (unpaired) electrons. The maximum absolute atomic E-state index is 11.4. The minimum atomic E-state index is -0.293. The van der Waals surface area contributed by atoms with Gasteiger partial charge in [-0.3, -0.25) is 4.79 Å². The first-order chi connectivity index (χ1) is 7.81. The zero-order chi connectivity index (χ0) is 11.0. The van der Waals surface area contributed by atoms with Gasteiger partial charge in [0.25, 0.3) is 0 Å². The van der Waals surface area contributed by atoms with Gasteiger partial charge in [-0.1, -0.05) is 30.3 Å². The van der Waals surface area contributed by atoms with Gasteiger partial charge in [0, 0.05) is 12.8 Å². The average Bonchev–Trinajstić information content (AvgIpc) is 2.28. The van der Waals surface area contributed by atoms with Crippen LogP contribution in [0, 0.1) is 0 Å². The second-order valence-corrected chi connectivity index (χ2v) is 4.44. The molecular formula is C12H13BO3. The van der Waals surface area contributed by atoms with Crippen LogP contribution in [-0.4, -0.2) is 25.1 Å². The van der Waals surface area contributed by atoms with Crippen LogP contribution in [0.1, 0.15) is 19.3 Å². The van der Waals surface area contributed by atoms with Gasteiger partial charge in [0.2, 0.25) is 0 Å². The predicted molar refractivity (Wildman–Crippen MR) is 60.4 cm³/mol. The summed E-state index contributed by atoms with van der Waals surface area (Å²) in [5, 5.41) is 0. The molecule has 2 atom stereocenters. The summed E-state index contributed by atoms with van der Waals surface area (Å²) >= 11 is 0. The highest BCUT2D eigenvalue weighted by Gasteiger charge is 2.40. The molecule has 16 heavy (non-hydrogen) atoms. The predicted octanol–water partition coefficient (Wildman–Crippen LogP) is 0.919. The molecule has 2 bridgehead atoms. The fourth-order valence-electron chi connectivity index (χ4n) is 2.41. The third-order valence-electron chi connectivity index (χ3n) is 3.14. The maximum atomic E-state index is 11.4. The van der Waals surface area contributed by atoms with Crippen LogP contribution in [0.5, 0.6) is 0 Å². The van der Waals surface area contributed by atoms with Crippen molar-refractivity contribution in [3.05, 3.63) is 30.3 Å². The number of ketones is 1. The van der Waals surface area contributed by atoms with Gasteiger partial charge in [-0.2, -0.15) is 0 Å². The number of benzene rings is 1. The number of carbonyl (C=O) groups is 1. The van der Waals surface area contributed by atoms with E-state index in [4.69, 9.17) is 9.31 Å². The van der Waals surface area contributed by atoms with Gasteiger partial charge in [-0.05, 0) is 11.9 Å². The molecule has 1 heterocycles. The van der Waals surface area contributed by atoms with Crippen molar-refractivity contribution in [3.8, 4) is 0 Å². The molecule has 2 fully saturated rings. The third kappa shape index (κ3) is 1.90. The summed E-state index contributed by atoms with van der Waals surface area (Å²) in [6.45, 7) is 0.